The number of hydrogen-bond donors (Lipinski definition) is 1. The number of alkyl carbamates (subject to hydrolysis) is 1. The van der Waals surface area contributed by atoms with Crippen molar-refractivity contribution < 1.29 is 9.53 Å². The Morgan fingerprint density at radius 1 is 1.19 bits per heavy atom. The summed E-state index contributed by atoms with van der Waals surface area (Å²) in [4.78, 5) is 11.4. The lowest BCUT2D eigenvalue weighted by atomic mass is 10.2. The SMILES string of the molecule is O=C(NCC#Cc1ccc(Cl)nn1)OCc1ccccc1. The van der Waals surface area contributed by atoms with Gasteiger partial charge in [-0.15, -0.1) is 10.2 Å². The van der Waals surface area contributed by atoms with Gasteiger partial charge in [0.15, 0.2) is 5.15 Å². The zero-order valence-corrected chi connectivity index (χ0v) is 11.8. The number of amides is 1. The fourth-order valence-corrected chi connectivity index (χ4v) is 1.51. The Bertz CT molecular complexity index is 648. The standard InChI is InChI=1S/C15H12ClN3O2/c16-14-9-8-13(18-19-14)7-4-10-17-15(20)21-11-12-5-2-1-3-6-12/h1-3,5-6,8-9H,10-11H2,(H,17,20). The average molecular weight is 302 g/mol. The molecular formula is C15H12ClN3O2. The number of nitrogens with one attached hydrogen (secondary N) is 1. The van der Waals surface area contributed by atoms with Gasteiger partial charge >= 0.3 is 6.09 Å². The van der Waals surface area contributed by atoms with Crippen LogP contribution in [0.3, 0.4) is 0 Å². The van der Waals surface area contributed by atoms with Crippen molar-refractivity contribution in [2.24, 2.45) is 0 Å². The highest BCUT2D eigenvalue weighted by molar-refractivity contribution is 6.29. The number of nitrogens with zero attached hydrogens (tertiary/aromatic N) is 2. The van der Waals surface area contributed by atoms with Crippen LogP contribution in [-0.4, -0.2) is 22.8 Å². The summed E-state index contributed by atoms with van der Waals surface area (Å²) in [6, 6.07) is 12.7. The molecule has 1 aromatic carbocycles. The van der Waals surface area contributed by atoms with Gasteiger partial charge in [-0.05, 0) is 23.6 Å². The van der Waals surface area contributed by atoms with Gasteiger partial charge in [0.1, 0.15) is 12.3 Å². The summed E-state index contributed by atoms with van der Waals surface area (Å²) in [5.41, 5.74) is 1.41. The molecule has 2 aromatic rings. The molecule has 21 heavy (non-hydrogen) atoms. The molecule has 0 bridgehead atoms. The number of benzene rings is 1. The van der Waals surface area contributed by atoms with E-state index in [4.69, 9.17) is 16.3 Å². The molecule has 1 heterocycles. The fraction of sp³-hybridized carbons (Fsp3) is 0.133. The number of carbonyl (C=O) groups excluding carboxylic acids is 1. The second-order valence-corrected chi connectivity index (χ2v) is 4.35. The first-order valence-corrected chi connectivity index (χ1v) is 6.54. The Balaban J connectivity index is 1.71. The topological polar surface area (TPSA) is 64.1 Å². The molecule has 0 aliphatic rings. The molecule has 0 aliphatic carbocycles. The van der Waals surface area contributed by atoms with E-state index in [2.05, 4.69) is 27.4 Å². The molecule has 0 spiro atoms. The van der Waals surface area contributed by atoms with Crippen LogP contribution in [0.5, 0.6) is 0 Å². The van der Waals surface area contributed by atoms with E-state index < -0.39 is 6.09 Å². The van der Waals surface area contributed by atoms with Crippen molar-refractivity contribution in [2.45, 2.75) is 6.61 Å². The number of carbonyl (C=O) groups is 1. The molecule has 0 atom stereocenters. The Morgan fingerprint density at radius 3 is 2.71 bits per heavy atom. The van der Waals surface area contributed by atoms with Crippen molar-refractivity contribution in [1.82, 2.24) is 15.5 Å². The Hall–Kier alpha value is -2.58. The van der Waals surface area contributed by atoms with Crippen LogP contribution < -0.4 is 5.32 Å². The van der Waals surface area contributed by atoms with Crippen LogP contribution in [0.25, 0.3) is 0 Å². The second-order valence-electron chi connectivity index (χ2n) is 3.96. The first-order chi connectivity index (χ1) is 10.2. The molecule has 6 heteroatoms. The second kappa shape index (κ2) is 7.88. The maximum Gasteiger partial charge on any atom is 0.408 e. The number of hydrogen-bond acceptors (Lipinski definition) is 4. The third kappa shape index (κ3) is 5.51. The maximum absolute atomic E-state index is 11.4. The van der Waals surface area contributed by atoms with Gasteiger partial charge in [-0.3, -0.25) is 0 Å². The fourth-order valence-electron chi connectivity index (χ4n) is 1.41. The predicted molar refractivity (Wildman–Crippen MR) is 78.5 cm³/mol. The van der Waals surface area contributed by atoms with E-state index >= 15 is 0 Å². The van der Waals surface area contributed by atoms with Gasteiger partial charge in [0.25, 0.3) is 0 Å². The van der Waals surface area contributed by atoms with Crippen molar-refractivity contribution in [3.63, 3.8) is 0 Å². The van der Waals surface area contributed by atoms with Gasteiger partial charge in [0.05, 0.1) is 6.54 Å². The van der Waals surface area contributed by atoms with Crippen LogP contribution in [0.4, 0.5) is 4.79 Å². The lowest BCUT2D eigenvalue weighted by molar-refractivity contribution is 0.141. The summed E-state index contributed by atoms with van der Waals surface area (Å²) in [7, 11) is 0. The van der Waals surface area contributed by atoms with Crippen molar-refractivity contribution in [3.05, 3.63) is 58.9 Å². The van der Waals surface area contributed by atoms with Crippen molar-refractivity contribution in [1.29, 1.82) is 0 Å². The molecule has 106 valence electrons. The number of halogens is 1. The van der Waals surface area contributed by atoms with Gasteiger partial charge in [-0.25, -0.2) is 4.79 Å². The summed E-state index contributed by atoms with van der Waals surface area (Å²) >= 11 is 5.60. The van der Waals surface area contributed by atoms with E-state index in [1.165, 1.54) is 0 Å². The van der Waals surface area contributed by atoms with Gasteiger partial charge in [0, 0.05) is 0 Å². The molecule has 2 rings (SSSR count). The minimum Gasteiger partial charge on any atom is -0.445 e. The molecule has 0 saturated heterocycles. The molecule has 1 aromatic heterocycles. The van der Waals surface area contributed by atoms with E-state index in [0.29, 0.717) is 10.8 Å². The van der Waals surface area contributed by atoms with Crippen LogP contribution in [0.2, 0.25) is 5.15 Å². The smallest absolute Gasteiger partial charge is 0.408 e. The molecule has 0 radical (unpaired) electrons. The monoisotopic (exact) mass is 301 g/mol. The normalized spacial score (nSPS) is 9.38. The maximum atomic E-state index is 11.4. The Morgan fingerprint density at radius 2 is 2.00 bits per heavy atom. The molecule has 1 amide bonds. The van der Waals surface area contributed by atoms with Crippen LogP contribution >= 0.6 is 11.6 Å². The largest absolute Gasteiger partial charge is 0.445 e. The van der Waals surface area contributed by atoms with Crippen LogP contribution in [0.1, 0.15) is 11.3 Å². The van der Waals surface area contributed by atoms with Crippen LogP contribution in [-0.2, 0) is 11.3 Å². The van der Waals surface area contributed by atoms with E-state index in [9.17, 15) is 4.79 Å². The first-order valence-electron chi connectivity index (χ1n) is 6.17. The van der Waals surface area contributed by atoms with Gasteiger partial charge < -0.3 is 10.1 Å². The summed E-state index contributed by atoms with van der Waals surface area (Å²) < 4.78 is 5.03. The summed E-state index contributed by atoms with van der Waals surface area (Å²) in [5, 5.41) is 10.3. The molecule has 0 fully saturated rings. The van der Waals surface area contributed by atoms with Gasteiger partial charge in [0.2, 0.25) is 0 Å². The van der Waals surface area contributed by atoms with Crippen molar-refractivity contribution in [2.75, 3.05) is 6.54 Å². The highest BCUT2D eigenvalue weighted by Gasteiger charge is 2.00. The molecule has 5 nitrogen and oxygen atoms in total. The third-order valence-corrected chi connectivity index (χ3v) is 2.58. The summed E-state index contributed by atoms with van der Waals surface area (Å²) in [6.07, 6.45) is -0.518. The van der Waals surface area contributed by atoms with Gasteiger partial charge in [-0.1, -0.05) is 47.9 Å². The van der Waals surface area contributed by atoms with E-state index in [0.717, 1.165) is 5.56 Å². The highest BCUT2D eigenvalue weighted by atomic mass is 35.5. The predicted octanol–water partition coefficient (Wildman–Crippen LogP) is 2.41. The molecule has 0 aliphatic heterocycles. The molecule has 0 saturated carbocycles. The van der Waals surface area contributed by atoms with Crippen LogP contribution in [0.15, 0.2) is 42.5 Å². The minimum atomic E-state index is -0.518. The number of aromatic nitrogens is 2. The lowest BCUT2D eigenvalue weighted by Crippen LogP contribution is -2.24. The number of rotatable bonds is 3. The Kier molecular flexibility index (Phi) is 5.56. The zero-order valence-electron chi connectivity index (χ0n) is 11.0. The van der Waals surface area contributed by atoms with E-state index in [-0.39, 0.29) is 13.2 Å². The van der Waals surface area contributed by atoms with Gasteiger partial charge in [-0.2, -0.15) is 0 Å². The summed E-state index contributed by atoms with van der Waals surface area (Å²) in [5.74, 6) is 5.49. The first kappa shape index (κ1) is 14.8. The molecular weight excluding hydrogens is 290 g/mol. The summed E-state index contributed by atoms with van der Waals surface area (Å²) in [6.45, 7) is 0.390. The van der Waals surface area contributed by atoms with E-state index in [1.807, 2.05) is 30.3 Å². The lowest BCUT2D eigenvalue weighted by Gasteiger charge is -2.04. The number of ether oxygens (including phenoxy) is 1. The Labute approximate surface area is 127 Å². The highest BCUT2D eigenvalue weighted by Crippen LogP contribution is 2.01. The molecule has 0 unspecified atom stereocenters. The van der Waals surface area contributed by atoms with Crippen molar-refractivity contribution >= 4 is 17.7 Å². The van der Waals surface area contributed by atoms with Crippen LogP contribution in [0, 0.1) is 11.8 Å². The third-order valence-electron chi connectivity index (χ3n) is 2.38. The molecule has 1 N–H and O–H groups in total. The average Bonchev–Trinajstić information content (AvgIpc) is 2.52. The zero-order chi connectivity index (χ0) is 14.9. The minimum absolute atomic E-state index is 0.165. The van der Waals surface area contributed by atoms with E-state index in [1.54, 1.807) is 12.1 Å². The quantitative estimate of drug-likeness (QED) is 0.884. The van der Waals surface area contributed by atoms with Crippen molar-refractivity contribution in [3.8, 4) is 11.8 Å².